The summed E-state index contributed by atoms with van der Waals surface area (Å²) in [4.78, 5) is 11.0. The second-order valence-electron chi connectivity index (χ2n) is 4.64. The van der Waals surface area contributed by atoms with Gasteiger partial charge < -0.3 is 5.32 Å². The SMILES string of the molecule is C#CC#CC#CC#CC#CC#C[N+](C)(C)CCCNC(=O)C=C. The van der Waals surface area contributed by atoms with Crippen molar-refractivity contribution in [3.05, 3.63) is 12.7 Å². The number of hydrogen-bond donors (Lipinski definition) is 1. The minimum atomic E-state index is -0.167. The molecule has 3 nitrogen and oxygen atoms in total. The summed E-state index contributed by atoms with van der Waals surface area (Å²) in [6, 6.07) is 3.01. The van der Waals surface area contributed by atoms with Crippen molar-refractivity contribution in [2.24, 2.45) is 0 Å². The number of nitrogens with one attached hydrogen (secondary N) is 1. The van der Waals surface area contributed by atoms with Crippen LogP contribution >= 0.6 is 0 Å². The van der Waals surface area contributed by atoms with E-state index in [0.717, 1.165) is 13.0 Å². The van der Waals surface area contributed by atoms with E-state index in [0.29, 0.717) is 11.0 Å². The van der Waals surface area contributed by atoms with Crippen LogP contribution in [0.3, 0.4) is 0 Å². The third-order valence-corrected chi connectivity index (χ3v) is 2.31. The lowest BCUT2D eigenvalue weighted by Gasteiger charge is -2.20. The highest BCUT2D eigenvalue weighted by molar-refractivity contribution is 5.86. The molecule has 0 aliphatic carbocycles. The molecule has 0 rings (SSSR count). The first-order chi connectivity index (χ1) is 11.0. The van der Waals surface area contributed by atoms with Gasteiger partial charge in [-0.2, -0.15) is 0 Å². The summed E-state index contributed by atoms with van der Waals surface area (Å²) in [7, 11) is 3.93. The zero-order chi connectivity index (χ0) is 17.4. The highest BCUT2D eigenvalue weighted by atomic mass is 16.1. The molecule has 0 aliphatic heterocycles. The van der Waals surface area contributed by atoms with Gasteiger partial charge in [0.05, 0.1) is 26.6 Å². The standard InChI is InChI=1S/C20H16N2O/c1-5-7-8-9-10-11-12-13-14-15-18-22(3,4)19-16-17-21-20(23)6-2/h1,6H,2,16-17,19H2,3-4H3/p+1. The molecule has 0 atom stereocenters. The summed E-state index contributed by atoms with van der Waals surface area (Å²) in [5.41, 5.74) is 0. The van der Waals surface area contributed by atoms with Gasteiger partial charge >= 0.3 is 0 Å². The molecule has 0 radical (unpaired) electrons. The fourth-order valence-electron chi connectivity index (χ4n) is 1.25. The predicted molar refractivity (Wildman–Crippen MR) is 92.5 cm³/mol. The van der Waals surface area contributed by atoms with Crippen LogP contribution in [0.1, 0.15) is 6.42 Å². The molecule has 1 N–H and O–H groups in total. The molecule has 0 bridgehead atoms. The maximum atomic E-state index is 11.0. The molecule has 23 heavy (non-hydrogen) atoms. The number of carbonyl (C=O) groups is 1. The smallest absolute Gasteiger partial charge is 0.243 e. The number of terminal acetylenes is 1. The van der Waals surface area contributed by atoms with Crippen molar-refractivity contribution in [3.8, 4) is 71.7 Å². The summed E-state index contributed by atoms with van der Waals surface area (Å²) < 4.78 is 0.480. The van der Waals surface area contributed by atoms with Crippen molar-refractivity contribution in [2.45, 2.75) is 6.42 Å². The molecule has 0 heterocycles. The molecule has 0 unspecified atom stereocenters. The van der Waals surface area contributed by atoms with E-state index in [2.05, 4.69) is 77.1 Å². The van der Waals surface area contributed by atoms with E-state index < -0.39 is 0 Å². The Morgan fingerprint density at radius 2 is 1.57 bits per heavy atom. The normalized spacial score (nSPS) is 7.52. The van der Waals surface area contributed by atoms with E-state index in [1.54, 1.807) is 0 Å². The van der Waals surface area contributed by atoms with E-state index in [-0.39, 0.29) is 5.91 Å². The lowest BCUT2D eigenvalue weighted by Crippen LogP contribution is -2.37. The molecule has 0 aliphatic rings. The van der Waals surface area contributed by atoms with E-state index >= 15 is 0 Å². The quantitative estimate of drug-likeness (QED) is 0.338. The van der Waals surface area contributed by atoms with Gasteiger partial charge in [-0.3, -0.25) is 9.28 Å². The van der Waals surface area contributed by atoms with Crippen LogP contribution in [-0.2, 0) is 4.79 Å². The van der Waals surface area contributed by atoms with Gasteiger partial charge in [0.2, 0.25) is 5.91 Å². The molecule has 0 aromatic rings. The Bertz CT molecular complexity index is 783. The molecule has 112 valence electrons. The molecule has 3 heteroatoms. The van der Waals surface area contributed by atoms with Gasteiger partial charge in [0, 0.05) is 36.6 Å². The molecule has 0 spiro atoms. The Hall–Kier alpha value is -3.47. The second kappa shape index (κ2) is 12.3. The first-order valence-corrected chi connectivity index (χ1v) is 6.73. The van der Waals surface area contributed by atoms with Crippen molar-refractivity contribution in [2.75, 3.05) is 27.2 Å². The zero-order valence-electron chi connectivity index (χ0n) is 13.3. The van der Waals surface area contributed by atoms with Gasteiger partial charge in [-0.15, -0.1) is 6.42 Å². The lowest BCUT2D eigenvalue weighted by molar-refractivity contribution is -0.822. The van der Waals surface area contributed by atoms with E-state index in [1.807, 2.05) is 14.1 Å². The highest BCUT2D eigenvalue weighted by Gasteiger charge is 2.10. The Labute approximate surface area is 139 Å². The van der Waals surface area contributed by atoms with Crippen molar-refractivity contribution < 1.29 is 9.28 Å². The molecule has 0 saturated carbocycles. The fourth-order valence-corrected chi connectivity index (χ4v) is 1.25. The van der Waals surface area contributed by atoms with Crippen LogP contribution in [0.25, 0.3) is 0 Å². The van der Waals surface area contributed by atoms with Crippen LogP contribution in [0, 0.1) is 71.7 Å². The van der Waals surface area contributed by atoms with Gasteiger partial charge in [0.1, 0.15) is 0 Å². The summed E-state index contributed by atoms with van der Waals surface area (Å²) in [5, 5.41) is 2.72. The van der Waals surface area contributed by atoms with Crippen LogP contribution in [-0.4, -0.2) is 37.6 Å². The van der Waals surface area contributed by atoms with E-state index in [1.165, 1.54) is 6.08 Å². The topological polar surface area (TPSA) is 29.1 Å². The van der Waals surface area contributed by atoms with Gasteiger partial charge in [0.25, 0.3) is 0 Å². The molecule has 0 aromatic carbocycles. The predicted octanol–water partition coefficient (Wildman–Crippen LogP) is 0.363. The highest BCUT2D eigenvalue weighted by Crippen LogP contribution is 1.95. The number of amides is 1. The summed E-state index contributed by atoms with van der Waals surface area (Å²) in [5.74, 6) is 24.8. The van der Waals surface area contributed by atoms with E-state index in [9.17, 15) is 4.79 Å². The van der Waals surface area contributed by atoms with Crippen molar-refractivity contribution in [3.63, 3.8) is 0 Å². The van der Waals surface area contributed by atoms with Crippen molar-refractivity contribution in [1.82, 2.24) is 5.32 Å². The molecular formula is C20H17N2O+. The third-order valence-electron chi connectivity index (χ3n) is 2.31. The molecule has 0 saturated heterocycles. The Balaban J connectivity index is 4.30. The maximum absolute atomic E-state index is 11.0. The van der Waals surface area contributed by atoms with Gasteiger partial charge in [0.15, 0.2) is 6.04 Å². The molecule has 0 fully saturated rings. The average molecular weight is 301 g/mol. The van der Waals surface area contributed by atoms with Crippen LogP contribution in [0.4, 0.5) is 0 Å². The third kappa shape index (κ3) is 13.3. The first kappa shape index (κ1) is 19.5. The Morgan fingerprint density at radius 3 is 2.09 bits per heavy atom. The lowest BCUT2D eigenvalue weighted by atomic mass is 10.3. The summed E-state index contributed by atoms with van der Waals surface area (Å²) >= 11 is 0. The molecule has 1 amide bonds. The minimum absolute atomic E-state index is 0.167. The number of carbonyl (C=O) groups excluding carboxylic acids is 1. The molecular weight excluding hydrogens is 284 g/mol. The minimum Gasteiger partial charge on any atom is -0.352 e. The van der Waals surface area contributed by atoms with Crippen LogP contribution in [0.15, 0.2) is 12.7 Å². The van der Waals surface area contributed by atoms with Crippen LogP contribution in [0.5, 0.6) is 0 Å². The second-order valence-corrected chi connectivity index (χ2v) is 4.64. The average Bonchev–Trinajstić information content (AvgIpc) is 2.53. The monoisotopic (exact) mass is 301 g/mol. The van der Waals surface area contributed by atoms with Crippen LogP contribution in [0.2, 0.25) is 0 Å². The van der Waals surface area contributed by atoms with Crippen molar-refractivity contribution in [1.29, 1.82) is 0 Å². The zero-order valence-corrected chi connectivity index (χ0v) is 13.3. The van der Waals surface area contributed by atoms with Crippen molar-refractivity contribution >= 4 is 5.91 Å². The largest absolute Gasteiger partial charge is 0.352 e. The number of quaternary nitrogens is 1. The van der Waals surface area contributed by atoms with Gasteiger partial charge in [-0.25, -0.2) is 0 Å². The Kier molecular flexibility index (Phi) is 10.4. The number of hydrogen-bond acceptors (Lipinski definition) is 1. The fraction of sp³-hybridized carbons (Fsp3) is 0.250. The number of rotatable bonds is 5. The van der Waals surface area contributed by atoms with Gasteiger partial charge in [-0.1, -0.05) is 6.58 Å². The van der Waals surface area contributed by atoms with Gasteiger partial charge in [-0.05, 0) is 35.7 Å². The first-order valence-electron chi connectivity index (χ1n) is 6.73. The maximum Gasteiger partial charge on any atom is 0.243 e. The Morgan fingerprint density at radius 1 is 1.04 bits per heavy atom. The summed E-state index contributed by atoms with van der Waals surface area (Å²) in [6.45, 7) is 4.77. The summed E-state index contributed by atoms with van der Waals surface area (Å²) in [6.07, 6.45) is 6.99. The van der Waals surface area contributed by atoms with Crippen LogP contribution < -0.4 is 5.32 Å². The number of nitrogens with zero attached hydrogens (tertiary/aromatic N) is 1. The van der Waals surface area contributed by atoms with E-state index in [4.69, 9.17) is 6.42 Å². The molecule has 0 aromatic heterocycles.